The molecule has 0 heterocycles. The number of halogens is 3. The zero-order valence-electron chi connectivity index (χ0n) is 9.70. The van der Waals surface area contributed by atoms with Crippen LogP contribution in [0.4, 0.5) is 5.69 Å². The largest absolute Gasteiger partial charge is 0.366 e. The smallest absolute Gasteiger partial charge is 0.141 e. The van der Waals surface area contributed by atoms with Gasteiger partial charge in [-0.1, -0.05) is 45.2 Å². The molecule has 2 aromatic rings. The van der Waals surface area contributed by atoms with Crippen molar-refractivity contribution < 1.29 is 0 Å². The van der Waals surface area contributed by atoms with Crippen LogP contribution in [0.5, 0.6) is 0 Å². The second-order valence-electron chi connectivity index (χ2n) is 3.88. The molecule has 0 aromatic heterocycles. The summed E-state index contributed by atoms with van der Waals surface area (Å²) in [5.74, 6) is 0. The third-order valence-corrected chi connectivity index (χ3v) is 3.63. The maximum Gasteiger partial charge on any atom is 0.141 e. The molecular formula is C14H9BrCl2N2. The number of rotatable bonds is 3. The molecule has 2 nitrogen and oxygen atoms in total. The Morgan fingerprint density at radius 2 is 1.79 bits per heavy atom. The first-order valence-corrected chi connectivity index (χ1v) is 7.01. The molecule has 1 atom stereocenters. The summed E-state index contributed by atoms with van der Waals surface area (Å²) in [5.41, 5.74) is 1.55. The van der Waals surface area contributed by atoms with Crippen LogP contribution in [-0.4, -0.2) is 0 Å². The molecule has 0 saturated carbocycles. The van der Waals surface area contributed by atoms with Crippen molar-refractivity contribution in [3.05, 3.63) is 62.5 Å². The van der Waals surface area contributed by atoms with Gasteiger partial charge in [0.2, 0.25) is 0 Å². The Morgan fingerprint density at radius 1 is 1.11 bits per heavy atom. The number of hydrogen-bond acceptors (Lipinski definition) is 2. The molecule has 0 aliphatic heterocycles. The fourth-order valence-electron chi connectivity index (χ4n) is 1.63. The second-order valence-corrected chi connectivity index (χ2v) is 5.64. The third-order valence-electron chi connectivity index (χ3n) is 2.56. The Labute approximate surface area is 130 Å². The van der Waals surface area contributed by atoms with E-state index in [0.717, 1.165) is 15.7 Å². The lowest BCUT2D eigenvalue weighted by atomic mass is 10.1. The third kappa shape index (κ3) is 3.63. The quantitative estimate of drug-likeness (QED) is 0.796. The fourth-order valence-corrected chi connectivity index (χ4v) is 2.54. The van der Waals surface area contributed by atoms with Gasteiger partial charge in [-0.15, -0.1) is 0 Å². The minimum absolute atomic E-state index is 0.512. The standard InChI is InChI=1S/C14H9BrCl2N2/c15-9-1-6-12(13(17)7-9)14(8-18)19-11-4-2-10(16)3-5-11/h1-7,14,19H. The van der Waals surface area contributed by atoms with E-state index in [1.807, 2.05) is 24.3 Å². The molecular weight excluding hydrogens is 347 g/mol. The maximum absolute atomic E-state index is 9.28. The zero-order valence-corrected chi connectivity index (χ0v) is 12.8. The van der Waals surface area contributed by atoms with Crippen molar-refractivity contribution in [2.45, 2.75) is 6.04 Å². The van der Waals surface area contributed by atoms with Gasteiger partial charge >= 0.3 is 0 Å². The molecule has 0 amide bonds. The summed E-state index contributed by atoms with van der Waals surface area (Å²) in [7, 11) is 0. The molecule has 2 aromatic carbocycles. The van der Waals surface area contributed by atoms with E-state index in [9.17, 15) is 5.26 Å². The Morgan fingerprint density at radius 3 is 2.37 bits per heavy atom. The average molecular weight is 356 g/mol. The lowest BCUT2D eigenvalue weighted by Gasteiger charge is -2.15. The van der Waals surface area contributed by atoms with E-state index in [4.69, 9.17) is 23.2 Å². The number of benzene rings is 2. The van der Waals surface area contributed by atoms with Gasteiger partial charge in [-0.2, -0.15) is 5.26 Å². The highest BCUT2D eigenvalue weighted by molar-refractivity contribution is 9.10. The molecule has 1 N–H and O–H groups in total. The van der Waals surface area contributed by atoms with Crippen LogP contribution in [0.3, 0.4) is 0 Å². The number of anilines is 1. The molecule has 5 heteroatoms. The van der Waals surface area contributed by atoms with Crippen LogP contribution in [0.2, 0.25) is 10.0 Å². The van der Waals surface area contributed by atoms with Crippen LogP contribution in [-0.2, 0) is 0 Å². The van der Waals surface area contributed by atoms with Crippen LogP contribution in [0.1, 0.15) is 11.6 Å². The van der Waals surface area contributed by atoms with Crippen LogP contribution in [0, 0.1) is 11.3 Å². The predicted molar refractivity (Wildman–Crippen MR) is 82.6 cm³/mol. The fraction of sp³-hybridized carbons (Fsp3) is 0.0714. The average Bonchev–Trinajstić information content (AvgIpc) is 2.39. The predicted octanol–water partition coefficient (Wildman–Crippen LogP) is 5.43. The van der Waals surface area contributed by atoms with E-state index in [1.165, 1.54) is 0 Å². The summed E-state index contributed by atoms with van der Waals surface area (Å²) < 4.78 is 0.879. The summed E-state index contributed by atoms with van der Waals surface area (Å²) in [6.07, 6.45) is 0. The molecule has 0 aliphatic carbocycles. The first-order valence-electron chi connectivity index (χ1n) is 5.47. The summed E-state index contributed by atoms with van der Waals surface area (Å²) in [6, 6.07) is 14.3. The molecule has 2 rings (SSSR count). The molecule has 0 aliphatic rings. The van der Waals surface area contributed by atoms with Crippen molar-refractivity contribution in [2.75, 3.05) is 5.32 Å². The summed E-state index contributed by atoms with van der Waals surface area (Å²) in [6.45, 7) is 0. The number of nitrogens with zero attached hydrogens (tertiary/aromatic N) is 1. The molecule has 0 bridgehead atoms. The van der Waals surface area contributed by atoms with Gasteiger partial charge in [0, 0.05) is 25.8 Å². The minimum atomic E-state index is -0.512. The Bertz CT molecular complexity index is 620. The van der Waals surface area contributed by atoms with Crippen LogP contribution in [0.25, 0.3) is 0 Å². The van der Waals surface area contributed by atoms with E-state index in [1.54, 1.807) is 18.2 Å². The first kappa shape index (κ1) is 14.2. The summed E-state index contributed by atoms with van der Waals surface area (Å²) in [5, 5.41) is 13.6. The number of nitrogens with one attached hydrogen (secondary N) is 1. The van der Waals surface area contributed by atoms with Crippen molar-refractivity contribution in [1.82, 2.24) is 0 Å². The van der Waals surface area contributed by atoms with Crippen LogP contribution in [0.15, 0.2) is 46.9 Å². The van der Waals surface area contributed by atoms with Crippen molar-refractivity contribution >= 4 is 44.8 Å². The monoisotopic (exact) mass is 354 g/mol. The minimum Gasteiger partial charge on any atom is -0.366 e. The lowest BCUT2D eigenvalue weighted by molar-refractivity contribution is 0.997. The summed E-state index contributed by atoms with van der Waals surface area (Å²) in [4.78, 5) is 0. The topological polar surface area (TPSA) is 35.8 Å². The van der Waals surface area contributed by atoms with E-state index in [-0.39, 0.29) is 0 Å². The molecule has 0 spiro atoms. The van der Waals surface area contributed by atoms with E-state index in [2.05, 4.69) is 27.3 Å². The van der Waals surface area contributed by atoms with Crippen molar-refractivity contribution in [3.63, 3.8) is 0 Å². The van der Waals surface area contributed by atoms with E-state index < -0.39 is 6.04 Å². The first-order chi connectivity index (χ1) is 9.10. The van der Waals surface area contributed by atoms with Gasteiger partial charge in [0.25, 0.3) is 0 Å². The highest BCUT2D eigenvalue weighted by atomic mass is 79.9. The van der Waals surface area contributed by atoms with Gasteiger partial charge in [-0.05, 0) is 36.4 Å². The highest BCUT2D eigenvalue weighted by Crippen LogP contribution is 2.28. The number of hydrogen-bond donors (Lipinski definition) is 1. The van der Waals surface area contributed by atoms with Crippen LogP contribution >= 0.6 is 39.1 Å². The van der Waals surface area contributed by atoms with Gasteiger partial charge in [0.1, 0.15) is 6.04 Å². The van der Waals surface area contributed by atoms with Crippen molar-refractivity contribution in [2.24, 2.45) is 0 Å². The number of nitriles is 1. The Hall–Kier alpha value is -1.21. The normalized spacial score (nSPS) is 11.7. The van der Waals surface area contributed by atoms with Gasteiger partial charge in [-0.3, -0.25) is 0 Å². The van der Waals surface area contributed by atoms with Gasteiger partial charge in [0.15, 0.2) is 0 Å². The molecule has 0 radical (unpaired) electrons. The summed E-state index contributed by atoms with van der Waals surface area (Å²) >= 11 is 15.3. The molecule has 0 fully saturated rings. The van der Waals surface area contributed by atoms with Gasteiger partial charge in [0.05, 0.1) is 6.07 Å². The van der Waals surface area contributed by atoms with Crippen LogP contribution < -0.4 is 5.32 Å². The second kappa shape index (κ2) is 6.29. The molecule has 96 valence electrons. The Kier molecular flexibility index (Phi) is 4.71. The highest BCUT2D eigenvalue weighted by Gasteiger charge is 2.14. The lowest BCUT2D eigenvalue weighted by Crippen LogP contribution is -2.08. The van der Waals surface area contributed by atoms with Gasteiger partial charge in [-0.25, -0.2) is 0 Å². The van der Waals surface area contributed by atoms with E-state index >= 15 is 0 Å². The van der Waals surface area contributed by atoms with E-state index in [0.29, 0.717) is 10.0 Å². The molecule has 1 unspecified atom stereocenters. The maximum atomic E-state index is 9.28. The SMILES string of the molecule is N#CC(Nc1ccc(Cl)cc1)c1ccc(Br)cc1Cl. The zero-order chi connectivity index (χ0) is 13.8. The Balaban J connectivity index is 2.25. The van der Waals surface area contributed by atoms with Crippen molar-refractivity contribution in [3.8, 4) is 6.07 Å². The molecule has 0 saturated heterocycles. The van der Waals surface area contributed by atoms with Gasteiger partial charge < -0.3 is 5.32 Å². The van der Waals surface area contributed by atoms with Crippen molar-refractivity contribution in [1.29, 1.82) is 5.26 Å². The molecule has 19 heavy (non-hydrogen) atoms.